The highest BCUT2D eigenvalue weighted by molar-refractivity contribution is 5.89. The molecule has 16 heavy (non-hydrogen) atoms. The van der Waals surface area contributed by atoms with Crippen LogP contribution >= 0.6 is 0 Å². The molecular weight excluding hydrogens is 204 g/mol. The molecule has 0 bridgehead atoms. The predicted octanol–water partition coefficient (Wildman–Crippen LogP) is 2.87. The molecular formula is C13H16O3. The number of unbranched alkanes of at least 4 members (excludes halogenated alkanes) is 1. The zero-order chi connectivity index (χ0) is 11.8. The Bertz CT molecular complexity index is 358. The number of hydrogen-bond acceptors (Lipinski definition) is 2. The molecule has 0 spiro atoms. The number of carbonyl (C=O) groups is 1. The van der Waals surface area contributed by atoms with E-state index in [-0.39, 0.29) is 0 Å². The first-order valence-corrected chi connectivity index (χ1v) is 5.29. The van der Waals surface area contributed by atoms with Gasteiger partial charge in [-0.3, -0.25) is 0 Å². The number of aromatic carboxylic acids is 1. The molecule has 0 radical (unpaired) electrons. The number of carboxylic acid groups (broad SMARTS) is 1. The lowest BCUT2D eigenvalue weighted by Gasteiger charge is -2.05. The van der Waals surface area contributed by atoms with Crippen LogP contribution < -0.4 is 0 Å². The second kappa shape index (κ2) is 6.67. The third-order valence-electron chi connectivity index (χ3n) is 2.32. The van der Waals surface area contributed by atoms with Crippen LogP contribution in [0.15, 0.2) is 37.1 Å². The first kappa shape index (κ1) is 12.3. The van der Waals surface area contributed by atoms with E-state index in [1.807, 2.05) is 12.1 Å². The second-order valence-corrected chi connectivity index (χ2v) is 3.46. The molecule has 0 saturated carbocycles. The highest BCUT2D eigenvalue weighted by Crippen LogP contribution is 2.12. The lowest BCUT2D eigenvalue weighted by atomic mass is 10.0. The van der Waals surface area contributed by atoms with Gasteiger partial charge in [0.15, 0.2) is 0 Å². The lowest BCUT2D eigenvalue weighted by molar-refractivity contribution is 0.0695. The van der Waals surface area contributed by atoms with Gasteiger partial charge in [-0.1, -0.05) is 24.8 Å². The molecule has 1 aromatic rings. The summed E-state index contributed by atoms with van der Waals surface area (Å²) in [5, 5.41) is 8.97. The van der Waals surface area contributed by atoms with Crippen molar-refractivity contribution >= 4 is 5.97 Å². The van der Waals surface area contributed by atoms with Crippen molar-refractivity contribution in [2.45, 2.75) is 19.3 Å². The van der Waals surface area contributed by atoms with Crippen LogP contribution in [0.25, 0.3) is 0 Å². The summed E-state index contributed by atoms with van der Waals surface area (Å²) >= 11 is 0. The highest BCUT2D eigenvalue weighted by Gasteiger charge is 2.07. The lowest BCUT2D eigenvalue weighted by Crippen LogP contribution is -2.02. The highest BCUT2D eigenvalue weighted by atomic mass is 16.5. The SMILES string of the molecule is C=COCCCCc1ccccc1C(=O)O. The summed E-state index contributed by atoms with van der Waals surface area (Å²) in [4.78, 5) is 10.9. The third-order valence-corrected chi connectivity index (χ3v) is 2.32. The number of benzene rings is 1. The largest absolute Gasteiger partial charge is 0.502 e. The Labute approximate surface area is 95.4 Å². The van der Waals surface area contributed by atoms with Gasteiger partial charge in [-0.25, -0.2) is 4.79 Å². The Kier molecular flexibility index (Phi) is 5.12. The Morgan fingerprint density at radius 1 is 1.38 bits per heavy atom. The molecule has 0 aromatic heterocycles. The number of ether oxygens (including phenoxy) is 1. The molecule has 1 N–H and O–H groups in total. The van der Waals surface area contributed by atoms with Gasteiger partial charge in [0.1, 0.15) is 0 Å². The van der Waals surface area contributed by atoms with E-state index >= 15 is 0 Å². The van der Waals surface area contributed by atoms with Gasteiger partial charge in [-0.05, 0) is 30.9 Å². The molecule has 0 heterocycles. The first-order valence-electron chi connectivity index (χ1n) is 5.29. The zero-order valence-electron chi connectivity index (χ0n) is 9.19. The maximum Gasteiger partial charge on any atom is 0.335 e. The van der Waals surface area contributed by atoms with E-state index in [2.05, 4.69) is 6.58 Å². The van der Waals surface area contributed by atoms with Crippen LogP contribution in [-0.4, -0.2) is 17.7 Å². The fraction of sp³-hybridized carbons (Fsp3) is 0.308. The minimum atomic E-state index is -0.863. The number of aryl methyl sites for hydroxylation is 1. The molecule has 0 aliphatic carbocycles. The Morgan fingerprint density at radius 3 is 2.81 bits per heavy atom. The van der Waals surface area contributed by atoms with E-state index in [9.17, 15) is 4.79 Å². The number of rotatable bonds is 7. The molecule has 0 unspecified atom stereocenters. The average molecular weight is 220 g/mol. The topological polar surface area (TPSA) is 46.5 Å². The van der Waals surface area contributed by atoms with Gasteiger partial charge in [-0.2, -0.15) is 0 Å². The van der Waals surface area contributed by atoms with Crippen LogP contribution in [0.5, 0.6) is 0 Å². The summed E-state index contributed by atoms with van der Waals surface area (Å²) in [6.45, 7) is 4.09. The molecule has 0 saturated heterocycles. The molecule has 3 nitrogen and oxygen atoms in total. The van der Waals surface area contributed by atoms with Crippen molar-refractivity contribution in [2.24, 2.45) is 0 Å². The Morgan fingerprint density at radius 2 is 2.12 bits per heavy atom. The van der Waals surface area contributed by atoms with Crippen molar-refractivity contribution < 1.29 is 14.6 Å². The molecule has 1 aromatic carbocycles. The van der Waals surface area contributed by atoms with E-state index in [4.69, 9.17) is 9.84 Å². The molecule has 0 aliphatic heterocycles. The van der Waals surface area contributed by atoms with Gasteiger partial charge in [0, 0.05) is 0 Å². The number of carboxylic acids is 1. The van der Waals surface area contributed by atoms with Crippen LogP contribution in [-0.2, 0) is 11.2 Å². The van der Waals surface area contributed by atoms with Crippen LogP contribution in [0.3, 0.4) is 0 Å². The predicted molar refractivity (Wildman–Crippen MR) is 62.5 cm³/mol. The van der Waals surface area contributed by atoms with Crippen molar-refractivity contribution in [2.75, 3.05) is 6.61 Å². The van der Waals surface area contributed by atoms with Gasteiger partial charge < -0.3 is 9.84 Å². The van der Waals surface area contributed by atoms with Crippen molar-refractivity contribution in [3.63, 3.8) is 0 Å². The third kappa shape index (κ3) is 3.77. The Hall–Kier alpha value is -1.77. The van der Waals surface area contributed by atoms with Gasteiger partial charge in [0.25, 0.3) is 0 Å². The van der Waals surface area contributed by atoms with Gasteiger partial charge >= 0.3 is 5.97 Å². The monoisotopic (exact) mass is 220 g/mol. The summed E-state index contributed by atoms with van der Waals surface area (Å²) < 4.78 is 5.00. The Balaban J connectivity index is 2.47. The molecule has 0 amide bonds. The van der Waals surface area contributed by atoms with Crippen LogP contribution in [0, 0.1) is 0 Å². The van der Waals surface area contributed by atoms with Crippen LogP contribution in [0.1, 0.15) is 28.8 Å². The molecule has 0 atom stereocenters. The molecule has 0 aliphatic rings. The molecule has 1 rings (SSSR count). The van der Waals surface area contributed by atoms with Gasteiger partial charge in [-0.15, -0.1) is 0 Å². The van der Waals surface area contributed by atoms with E-state index in [0.717, 1.165) is 24.8 Å². The van der Waals surface area contributed by atoms with Gasteiger partial charge in [0.05, 0.1) is 18.4 Å². The van der Waals surface area contributed by atoms with Crippen molar-refractivity contribution in [3.8, 4) is 0 Å². The minimum Gasteiger partial charge on any atom is -0.502 e. The quantitative estimate of drug-likeness (QED) is 0.567. The summed E-state index contributed by atoms with van der Waals surface area (Å²) in [7, 11) is 0. The van der Waals surface area contributed by atoms with E-state index in [1.54, 1.807) is 12.1 Å². The maximum absolute atomic E-state index is 10.9. The minimum absolute atomic E-state index is 0.395. The van der Waals surface area contributed by atoms with Crippen molar-refractivity contribution in [1.29, 1.82) is 0 Å². The summed E-state index contributed by atoms with van der Waals surface area (Å²) in [5.74, 6) is -0.863. The zero-order valence-corrected chi connectivity index (χ0v) is 9.19. The van der Waals surface area contributed by atoms with Crippen LogP contribution in [0.4, 0.5) is 0 Å². The van der Waals surface area contributed by atoms with Crippen LogP contribution in [0.2, 0.25) is 0 Å². The van der Waals surface area contributed by atoms with Crippen molar-refractivity contribution in [1.82, 2.24) is 0 Å². The molecule has 0 fully saturated rings. The van der Waals surface area contributed by atoms with Gasteiger partial charge in [0.2, 0.25) is 0 Å². The first-order chi connectivity index (χ1) is 7.75. The fourth-order valence-corrected chi connectivity index (χ4v) is 1.53. The fourth-order valence-electron chi connectivity index (χ4n) is 1.53. The second-order valence-electron chi connectivity index (χ2n) is 3.46. The maximum atomic E-state index is 10.9. The molecule has 3 heteroatoms. The normalized spacial score (nSPS) is 9.75. The summed E-state index contributed by atoms with van der Waals surface area (Å²) in [6.07, 6.45) is 4.01. The summed E-state index contributed by atoms with van der Waals surface area (Å²) in [5.41, 5.74) is 1.28. The van der Waals surface area contributed by atoms with E-state index < -0.39 is 5.97 Å². The van der Waals surface area contributed by atoms with E-state index in [1.165, 1.54) is 6.26 Å². The summed E-state index contributed by atoms with van der Waals surface area (Å²) in [6, 6.07) is 7.10. The van der Waals surface area contributed by atoms with Crippen molar-refractivity contribution in [3.05, 3.63) is 48.2 Å². The average Bonchev–Trinajstić information content (AvgIpc) is 2.29. The van der Waals surface area contributed by atoms with E-state index in [0.29, 0.717) is 12.2 Å². The smallest absolute Gasteiger partial charge is 0.335 e. The molecule has 86 valence electrons. The standard InChI is InChI=1S/C13H16O3/c1-2-16-10-6-5-8-11-7-3-4-9-12(11)13(14)15/h2-4,7,9H,1,5-6,8,10H2,(H,14,15). The number of hydrogen-bond donors (Lipinski definition) is 1.